The molecule has 0 saturated carbocycles. The lowest BCUT2D eigenvalue weighted by Gasteiger charge is -2.21. The Balaban J connectivity index is 1.91. The quantitative estimate of drug-likeness (QED) is 0.809. The van der Waals surface area contributed by atoms with Gasteiger partial charge in [0.25, 0.3) is 5.91 Å². The summed E-state index contributed by atoms with van der Waals surface area (Å²) in [6, 6.07) is 14.5. The van der Waals surface area contributed by atoms with Gasteiger partial charge in [-0.1, -0.05) is 24.3 Å². The van der Waals surface area contributed by atoms with Crippen LogP contribution >= 0.6 is 0 Å². The summed E-state index contributed by atoms with van der Waals surface area (Å²) in [4.78, 5) is 18.5. The van der Waals surface area contributed by atoms with Crippen LogP contribution in [-0.2, 0) is 6.54 Å². The van der Waals surface area contributed by atoms with Gasteiger partial charge in [0, 0.05) is 12.1 Å². The van der Waals surface area contributed by atoms with Crippen molar-refractivity contribution in [1.82, 2.24) is 9.88 Å². The summed E-state index contributed by atoms with van der Waals surface area (Å²) in [5.41, 5.74) is 1.49. The number of carbonyl (C=O) groups is 1. The number of pyridine rings is 1. The van der Waals surface area contributed by atoms with Crippen LogP contribution in [0.5, 0.6) is 5.75 Å². The van der Waals surface area contributed by atoms with E-state index in [4.69, 9.17) is 10.00 Å². The number of carbonyl (C=O) groups excluding carboxylic acids is 1. The lowest BCUT2D eigenvalue weighted by molar-refractivity contribution is 0.0685. The summed E-state index contributed by atoms with van der Waals surface area (Å²) >= 11 is 0. The standard InChI is InChI=1S/C17H15N3O2/c1-12-10-20(11-13-5-2-3-8-16(13)22-12)17(21)15-7-4-6-14(9-18)19-15/h2-8,12H,10-11H2,1H3. The second-order valence-corrected chi connectivity index (χ2v) is 5.24. The maximum atomic E-state index is 12.7. The number of benzene rings is 1. The molecular weight excluding hydrogens is 278 g/mol. The van der Waals surface area contributed by atoms with Crippen molar-refractivity contribution in [3.05, 3.63) is 59.4 Å². The van der Waals surface area contributed by atoms with Gasteiger partial charge >= 0.3 is 0 Å². The topological polar surface area (TPSA) is 66.2 Å². The maximum Gasteiger partial charge on any atom is 0.272 e. The number of fused-ring (bicyclic) bond motifs is 1. The van der Waals surface area contributed by atoms with Crippen LogP contribution in [0, 0.1) is 11.3 Å². The van der Waals surface area contributed by atoms with Gasteiger partial charge in [0.05, 0.1) is 6.54 Å². The summed E-state index contributed by atoms with van der Waals surface area (Å²) < 4.78 is 5.85. The molecule has 1 aromatic heterocycles. The molecule has 5 heteroatoms. The normalized spacial score (nSPS) is 16.9. The van der Waals surface area contributed by atoms with Crippen molar-refractivity contribution in [1.29, 1.82) is 5.26 Å². The van der Waals surface area contributed by atoms with Gasteiger partial charge in [-0.25, -0.2) is 4.98 Å². The van der Waals surface area contributed by atoms with Crippen LogP contribution in [0.25, 0.3) is 0 Å². The average Bonchev–Trinajstić information content (AvgIpc) is 2.72. The molecule has 1 atom stereocenters. The highest BCUT2D eigenvalue weighted by molar-refractivity contribution is 5.92. The molecule has 2 heterocycles. The number of amides is 1. The molecule has 1 amide bonds. The molecule has 0 saturated heterocycles. The molecular formula is C17H15N3O2. The Hall–Kier alpha value is -2.87. The molecule has 0 aliphatic carbocycles. The third-order valence-electron chi connectivity index (χ3n) is 3.51. The zero-order valence-electron chi connectivity index (χ0n) is 12.2. The van der Waals surface area contributed by atoms with Crippen LogP contribution in [0.4, 0.5) is 0 Å². The van der Waals surface area contributed by atoms with E-state index in [-0.39, 0.29) is 23.4 Å². The molecule has 2 aromatic rings. The van der Waals surface area contributed by atoms with Crippen molar-refractivity contribution in [3.63, 3.8) is 0 Å². The maximum absolute atomic E-state index is 12.7. The van der Waals surface area contributed by atoms with Gasteiger partial charge in [-0.05, 0) is 25.1 Å². The highest BCUT2D eigenvalue weighted by atomic mass is 16.5. The lowest BCUT2D eigenvalue weighted by Crippen LogP contribution is -2.36. The van der Waals surface area contributed by atoms with E-state index >= 15 is 0 Å². The first-order chi connectivity index (χ1) is 10.7. The zero-order valence-corrected chi connectivity index (χ0v) is 12.2. The Labute approximate surface area is 128 Å². The monoisotopic (exact) mass is 293 g/mol. The van der Waals surface area contributed by atoms with Crippen molar-refractivity contribution < 1.29 is 9.53 Å². The molecule has 0 radical (unpaired) electrons. The minimum absolute atomic E-state index is 0.105. The van der Waals surface area contributed by atoms with Crippen molar-refractivity contribution >= 4 is 5.91 Å². The van der Waals surface area contributed by atoms with Gasteiger partial charge in [-0.2, -0.15) is 5.26 Å². The molecule has 1 aliphatic rings. The highest BCUT2D eigenvalue weighted by Crippen LogP contribution is 2.25. The first kappa shape index (κ1) is 14.1. The van der Waals surface area contributed by atoms with E-state index in [9.17, 15) is 4.79 Å². The minimum atomic E-state index is -0.191. The molecule has 0 bridgehead atoms. The largest absolute Gasteiger partial charge is 0.489 e. The van der Waals surface area contributed by atoms with Gasteiger partial charge in [0.2, 0.25) is 0 Å². The van der Waals surface area contributed by atoms with Crippen LogP contribution in [0.15, 0.2) is 42.5 Å². The molecule has 1 unspecified atom stereocenters. The van der Waals surface area contributed by atoms with E-state index in [1.807, 2.05) is 37.3 Å². The fourth-order valence-electron chi connectivity index (χ4n) is 2.52. The first-order valence-electron chi connectivity index (χ1n) is 7.08. The summed E-state index contributed by atoms with van der Waals surface area (Å²) in [7, 11) is 0. The molecule has 22 heavy (non-hydrogen) atoms. The van der Waals surface area contributed by atoms with Crippen LogP contribution in [0.3, 0.4) is 0 Å². The summed E-state index contributed by atoms with van der Waals surface area (Å²) in [6.07, 6.45) is -0.105. The zero-order chi connectivity index (χ0) is 15.5. The third kappa shape index (κ3) is 2.77. The van der Waals surface area contributed by atoms with Crippen LogP contribution in [0.2, 0.25) is 0 Å². The predicted molar refractivity (Wildman–Crippen MR) is 80.2 cm³/mol. The molecule has 1 aromatic carbocycles. The number of hydrogen-bond donors (Lipinski definition) is 0. The minimum Gasteiger partial charge on any atom is -0.489 e. The molecule has 0 N–H and O–H groups in total. The van der Waals surface area contributed by atoms with Gasteiger partial charge in [-0.3, -0.25) is 4.79 Å². The average molecular weight is 293 g/mol. The molecule has 0 fully saturated rings. The Bertz CT molecular complexity index is 752. The number of para-hydroxylation sites is 1. The van der Waals surface area contributed by atoms with E-state index in [0.717, 1.165) is 11.3 Å². The number of hydrogen-bond acceptors (Lipinski definition) is 4. The highest BCUT2D eigenvalue weighted by Gasteiger charge is 2.25. The van der Waals surface area contributed by atoms with Crippen LogP contribution in [0.1, 0.15) is 28.7 Å². The molecule has 1 aliphatic heterocycles. The number of aromatic nitrogens is 1. The van der Waals surface area contributed by atoms with Crippen molar-refractivity contribution in [3.8, 4) is 11.8 Å². The van der Waals surface area contributed by atoms with Crippen molar-refractivity contribution in [2.24, 2.45) is 0 Å². The Morgan fingerprint density at radius 2 is 2.14 bits per heavy atom. The molecule has 3 rings (SSSR count). The van der Waals surface area contributed by atoms with Crippen LogP contribution in [-0.4, -0.2) is 28.4 Å². The van der Waals surface area contributed by atoms with E-state index in [0.29, 0.717) is 13.1 Å². The van der Waals surface area contributed by atoms with E-state index in [1.54, 1.807) is 23.1 Å². The molecule has 110 valence electrons. The van der Waals surface area contributed by atoms with Crippen molar-refractivity contribution in [2.45, 2.75) is 19.6 Å². The summed E-state index contributed by atoms with van der Waals surface area (Å²) in [6.45, 7) is 2.88. The Kier molecular flexibility index (Phi) is 3.75. The lowest BCUT2D eigenvalue weighted by atomic mass is 10.2. The number of ether oxygens (including phenoxy) is 1. The van der Waals surface area contributed by atoms with Crippen molar-refractivity contribution in [2.75, 3.05) is 6.54 Å². The Morgan fingerprint density at radius 3 is 2.95 bits per heavy atom. The second kappa shape index (κ2) is 5.86. The summed E-state index contributed by atoms with van der Waals surface area (Å²) in [5, 5.41) is 8.91. The van der Waals surface area contributed by atoms with Gasteiger partial charge in [0.15, 0.2) is 0 Å². The van der Waals surface area contributed by atoms with E-state index in [2.05, 4.69) is 4.98 Å². The number of nitrogens with zero attached hydrogens (tertiary/aromatic N) is 3. The fraction of sp³-hybridized carbons (Fsp3) is 0.235. The SMILES string of the molecule is CC1CN(C(=O)c2cccc(C#N)n2)Cc2ccccc2O1. The van der Waals surface area contributed by atoms with Gasteiger partial charge in [0.1, 0.15) is 29.3 Å². The van der Waals surface area contributed by atoms with E-state index < -0.39 is 0 Å². The van der Waals surface area contributed by atoms with Gasteiger partial charge in [-0.15, -0.1) is 0 Å². The number of rotatable bonds is 1. The number of nitriles is 1. The summed E-state index contributed by atoms with van der Waals surface area (Å²) in [5.74, 6) is 0.619. The fourth-order valence-corrected chi connectivity index (χ4v) is 2.52. The Morgan fingerprint density at radius 1 is 1.32 bits per heavy atom. The molecule has 0 spiro atoms. The smallest absolute Gasteiger partial charge is 0.272 e. The third-order valence-corrected chi connectivity index (χ3v) is 3.51. The van der Waals surface area contributed by atoms with Crippen LogP contribution < -0.4 is 4.74 Å². The predicted octanol–water partition coefficient (Wildman–Crippen LogP) is 2.38. The first-order valence-corrected chi connectivity index (χ1v) is 7.08. The van der Waals surface area contributed by atoms with E-state index in [1.165, 1.54) is 0 Å². The van der Waals surface area contributed by atoms with Gasteiger partial charge < -0.3 is 9.64 Å². The molecule has 5 nitrogen and oxygen atoms in total. The second-order valence-electron chi connectivity index (χ2n) is 5.24.